The first kappa shape index (κ1) is 21.6. The van der Waals surface area contributed by atoms with Gasteiger partial charge in [0.2, 0.25) is 5.13 Å². The van der Waals surface area contributed by atoms with Crippen molar-refractivity contribution in [2.45, 2.75) is 0 Å². The molecule has 0 amide bonds. The van der Waals surface area contributed by atoms with Gasteiger partial charge in [0.1, 0.15) is 17.4 Å². The van der Waals surface area contributed by atoms with Crippen LogP contribution in [0.4, 0.5) is 5.13 Å². The van der Waals surface area contributed by atoms with Crippen LogP contribution in [0.1, 0.15) is 5.56 Å². The third-order valence-electron chi connectivity index (χ3n) is 3.84. The van der Waals surface area contributed by atoms with Crippen LogP contribution in [0.3, 0.4) is 0 Å². The molecule has 0 saturated heterocycles. The van der Waals surface area contributed by atoms with E-state index in [1.54, 1.807) is 18.6 Å². The third-order valence-corrected chi connectivity index (χ3v) is 4.74. The van der Waals surface area contributed by atoms with Gasteiger partial charge in [0, 0.05) is 41.1 Å². The van der Waals surface area contributed by atoms with Crippen LogP contribution in [0.5, 0.6) is 0 Å². The highest BCUT2D eigenvalue weighted by Gasteiger charge is 2.10. The quantitative estimate of drug-likeness (QED) is 0.124. The minimum absolute atomic E-state index is 0.116. The molecule has 31 heavy (non-hydrogen) atoms. The lowest BCUT2D eigenvalue weighted by Gasteiger charge is -1.90. The van der Waals surface area contributed by atoms with E-state index < -0.39 is 0 Å². The number of hydrogen-bond donors (Lipinski definition) is 6. The number of thiocarbonyl (C=S) groups is 1. The van der Waals surface area contributed by atoms with E-state index in [0.29, 0.717) is 10.7 Å². The minimum Gasteiger partial charge on any atom is -0.375 e. The molecular weight excluding hydrogens is 434 g/mol. The number of nitrogens with two attached hydrogens (primary N) is 3. The Labute approximate surface area is 185 Å². The van der Waals surface area contributed by atoms with Crippen molar-refractivity contribution in [2.75, 3.05) is 5.73 Å². The molecule has 11 nitrogen and oxygen atoms in total. The summed E-state index contributed by atoms with van der Waals surface area (Å²) >= 11 is 5.61. The summed E-state index contributed by atoms with van der Waals surface area (Å²) in [6.07, 6.45) is 6.98. The van der Waals surface area contributed by atoms with Crippen molar-refractivity contribution in [1.29, 1.82) is 5.26 Å². The van der Waals surface area contributed by atoms with Crippen LogP contribution in [0.15, 0.2) is 49.1 Å². The number of rotatable bonds is 1. The highest BCUT2D eigenvalue weighted by atomic mass is 32.1. The maximum Gasteiger partial charge on any atom is 0.203 e. The first-order valence-electron chi connectivity index (χ1n) is 8.63. The van der Waals surface area contributed by atoms with Crippen molar-refractivity contribution in [3.05, 3.63) is 54.6 Å². The molecular formula is C18H17N11S2. The first-order chi connectivity index (χ1) is 15.0. The van der Waals surface area contributed by atoms with Crippen LogP contribution in [-0.2, 0) is 0 Å². The maximum absolute atomic E-state index is 8.63. The highest BCUT2D eigenvalue weighted by Crippen LogP contribution is 2.30. The number of nitriles is 1. The molecule has 5 aromatic rings. The molecule has 0 radical (unpaired) electrons. The number of nitrogens with zero attached hydrogens (tertiary/aromatic N) is 5. The fourth-order valence-electron chi connectivity index (χ4n) is 2.52. The fourth-order valence-corrected chi connectivity index (χ4v) is 3.16. The van der Waals surface area contributed by atoms with Crippen molar-refractivity contribution in [3.63, 3.8) is 0 Å². The van der Waals surface area contributed by atoms with E-state index in [2.05, 4.69) is 54.3 Å². The third kappa shape index (κ3) is 5.28. The first-order valence-corrected chi connectivity index (χ1v) is 9.85. The minimum atomic E-state index is 0.116. The van der Waals surface area contributed by atoms with Gasteiger partial charge in [0.15, 0.2) is 10.1 Å². The molecule has 156 valence electrons. The second kappa shape index (κ2) is 10.1. The normalized spacial score (nSPS) is 9.81. The van der Waals surface area contributed by atoms with Crippen molar-refractivity contribution in [1.82, 2.24) is 35.6 Å². The van der Waals surface area contributed by atoms with Gasteiger partial charge in [0.05, 0.1) is 5.56 Å². The molecule has 5 aromatic heterocycles. The van der Waals surface area contributed by atoms with Gasteiger partial charge in [-0.2, -0.15) is 5.26 Å². The second-order valence-electron chi connectivity index (χ2n) is 5.77. The molecule has 0 aliphatic rings. The number of aromatic amines is 2. The Morgan fingerprint density at radius 1 is 1.06 bits per heavy atom. The molecule has 5 heterocycles. The summed E-state index contributed by atoms with van der Waals surface area (Å²) in [5.41, 5.74) is 15.6. The molecule has 9 N–H and O–H groups in total. The topological polar surface area (TPSA) is 197 Å². The van der Waals surface area contributed by atoms with Gasteiger partial charge in [-0.05, 0) is 36.5 Å². The van der Waals surface area contributed by atoms with E-state index in [9.17, 15) is 0 Å². The van der Waals surface area contributed by atoms with Crippen LogP contribution in [0.2, 0.25) is 0 Å². The van der Waals surface area contributed by atoms with Crippen LogP contribution in [0.25, 0.3) is 32.6 Å². The zero-order valence-electron chi connectivity index (χ0n) is 15.9. The monoisotopic (exact) mass is 451 g/mol. The number of nitrogen functional groups attached to an aromatic ring is 1. The van der Waals surface area contributed by atoms with E-state index in [1.807, 2.05) is 35.9 Å². The molecule has 0 aliphatic carbocycles. The summed E-state index contributed by atoms with van der Waals surface area (Å²) in [6.45, 7) is 0. The summed E-state index contributed by atoms with van der Waals surface area (Å²) in [5.74, 6) is 4.66. The summed E-state index contributed by atoms with van der Waals surface area (Å²) < 4.78 is 0. The summed E-state index contributed by atoms with van der Waals surface area (Å²) in [5, 5.41) is 19.7. The van der Waals surface area contributed by atoms with Gasteiger partial charge in [-0.25, -0.2) is 15.8 Å². The lowest BCUT2D eigenvalue weighted by atomic mass is 10.2. The Balaban J connectivity index is 0.000000150. The number of H-pyrrole nitrogens is 2. The average Bonchev–Trinajstić information content (AvgIpc) is 3.52. The molecule has 5 rings (SSSR count). The van der Waals surface area contributed by atoms with Gasteiger partial charge in [-0.3, -0.25) is 0 Å². The summed E-state index contributed by atoms with van der Waals surface area (Å²) in [4.78, 5) is 14.2. The average molecular weight is 452 g/mol. The molecule has 0 bridgehead atoms. The van der Waals surface area contributed by atoms with Gasteiger partial charge < -0.3 is 26.9 Å². The largest absolute Gasteiger partial charge is 0.375 e. The van der Waals surface area contributed by atoms with Crippen molar-refractivity contribution in [2.24, 2.45) is 11.6 Å². The Morgan fingerprint density at radius 3 is 2.26 bits per heavy atom. The van der Waals surface area contributed by atoms with Crippen LogP contribution < -0.4 is 22.7 Å². The number of hydrazine groups is 1. The van der Waals surface area contributed by atoms with Gasteiger partial charge in [-0.1, -0.05) is 11.3 Å². The number of hydrogen-bond acceptors (Lipinski definition) is 9. The molecule has 0 saturated carbocycles. The van der Waals surface area contributed by atoms with E-state index >= 15 is 0 Å². The lowest BCUT2D eigenvalue weighted by Crippen LogP contribution is -2.34. The Hall–Kier alpha value is -4.12. The predicted octanol–water partition coefficient (Wildman–Crippen LogP) is 1.79. The number of anilines is 1. The standard InChI is InChI=1S/C9H7N5S.C8H5N3.CH5N3S/c10-9-14-13-8(15-9)6-4-12-7-5(6)2-1-3-11-7;9-4-6-5-11-8-7(6)2-1-3-10-8;2-1(5)4-3/h1-4H,(H2,10,14)(H,11,12);1-3,5H,(H,10,11);3H2,(H3,2,4,5). The Kier molecular flexibility index (Phi) is 7.01. The van der Waals surface area contributed by atoms with Crippen LogP contribution in [-0.4, -0.2) is 35.2 Å². The molecule has 0 fully saturated rings. The fraction of sp³-hybridized carbons (Fsp3) is 0. The number of nitrogens with one attached hydrogen (secondary N) is 3. The Morgan fingerprint density at radius 2 is 1.68 bits per heavy atom. The molecule has 0 aromatic carbocycles. The Bertz CT molecular complexity index is 1350. The van der Waals surface area contributed by atoms with E-state index in [-0.39, 0.29) is 5.11 Å². The zero-order valence-corrected chi connectivity index (χ0v) is 17.5. The zero-order chi connectivity index (χ0) is 22.2. The van der Waals surface area contributed by atoms with E-state index in [1.165, 1.54) is 11.3 Å². The van der Waals surface area contributed by atoms with Gasteiger partial charge in [-0.15, -0.1) is 10.2 Å². The SMILES string of the molecule is N#Cc1c[nH]c2ncccc12.NNC(N)=S.Nc1nnc(-c2c[nH]c3ncccc23)s1. The van der Waals surface area contributed by atoms with Crippen molar-refractivity contribution in [3.8, 4) is 16.6 Å². The molecule has 13 heteroatoms. The second-order valence-corrected chi connectivity index (χ2v) is 7.22. The highest BCUT2D eigenvalue weighted by molar-refractivity contribution is 7.80. The van der Waals surface area contributed by atoms with Gasteiger partial charge in [0.25, 0.3) is 0 Å². The maximum atomic E-state index is 8.63. The molecule has 0 unspecified atom stereocenters. The number of aromatic nitrogens is 6. The molecule has 0 atom stereocenters. The summed E-state index contributed by atoms with van der Waals surface area (Å²) in [7, 11) is 0. The van der Waals surface area contributed by atoms with Crippen molar-refractivity contribution < 1.29 is 0 Å². The predicted molar refractivity (Wildman–Crippen MR) is 124 cm³/mol. The van der Waals surface area contributed by atoms with Crippen LogP contribution in [0, 0.1) is 11.3 Å². The summed E-state index contributed by atoms with van der Waals surface area (Å²) in [6, 6.07) is 9.65. The number of fused-ring (bicyclic) bond motifs is 2. The lowest BCUT2D eigenvalue weighted by molar-refractivity contribution is 1.03. The van der Waals surface area contributed by atoms with Crippen LogP contribution >= 0.6 is 23.6 Å². The molecule has 0 aliphatic heterocycles. The molecule has 0 spiro atoms. The smallest absolute Gasteiger partial charge is 0.203 e. The van der Waals surface area contributed by atoms with Crippen molar-refractivity contribution >= 4 is 55.9 Å². The van der Waals surface area contributed by atoms with E-state index in [0.717, 1.165) is 32.6 Å². The van der Waals surface area contributed by atoms with Gasteiger partial charge >= 0.3 is 0 Å². The number of pyridine rings is 2. The van der Waals surface area contributed by atoms with E-state index in [4.69, 9.17) is 16.7 Å².